The van der Waals surface area contributed by atoms with Gasteiger partial charge >= 0.3 is 5.97 Å². The molecule has 0 aromatic heterocycles. The molecular weight excluding hydrogens is 268 g/mol. The van der Waals surface area contributed by atoms with Gasteiger partial charge in [0.2, 0.25) is 5.91 Å². The number of fused-ring (bicyclic) bond motifs is 1. The van der Waals surface area contributed by atoms with Gasteiger partial charge in [-0.1, -0.05) is 6.42 Å². The van der Waals surface area contributed by atoms with Gasteiger partial charge in [-0.25, -0.2) is 0 Å². The predicted molar refractivity (Wildman–Crippen MR) is 80.8 cm³/mol. The molecule has 2 aliphatic rings. The first-order chi connectivity index (χ1) is 10.0. The largest absolute Gasteiger partial charge is 0.469 e. The summed E-state index contributed by atoms with van der Waals surface area (Å²) in [5, 5.41) is 0. The van der Waals surface area contributed by atoms with E-state index >= 15 is 0 Å². The van der Waals surface area contributed by atoms with Gasteiger partial charge in [-0.05, 0) is 39.7 Å². The van der Waals surface area contributed by atoms with Crippen molar-refractivity contribution in [2.75, 3.05) is 26.7 Å². The molecule has 2 rings (SSSR count). The molecule has 120 valence electrons. The van der Waals surface area contributed by atoms with Crippen molar-refractivity contribution >= 4 is 11.9 Å². The van der Waals surface area contributed by atoms with Crippen LogP contribution in [0.2, 0.25) is 0 Å². The summed E-state index contributed by atoms with van der Waals surface area (Å²) < 4.78 is 4.68. The molecule has 0 radical (unpaired) electrons. The molecular formula is C16H28N2O3. The van der Waals surface area contributed by atoms with E-state index in [0.29, 0.717) is 12.6 Å². The third-order valence-electron chi connectivity index (χ3n) is 4.80. The summed E-state index contributed by atoms with van der Waals surface area (Å²) in [6.45, 7) is 6.52. The first-order valence-corrected chi connectivity index (χ1v) is 8.14. The van der Waals surface area contributed by atoms with Crippen molar-refractivity contribution in [1.29, 1.82) is 0 Å². The monoisotopic (exact) mass is 296 g/mol. The van der Waals surface area contributed by atoms with Gasteiger partial charge in [-0.15, -0.1) is 0 Å². The fourth-order valence-corrected chi connectivity index (χ4v) is 3.60. The molecule has 5 nitrogen and oxygen atoms in total. The number of piperidine rings is 1. The summed E-state index contributed by atoms with van der Waals surface area (Å²) in [5.41, 5.74) is 0. The van der Waals surface area contributed by atoms with E-state index in [-0.39, 0.29) is 30.3 Å². The van der Waals surface area contributed by atoms with Gasteiger partial charge in [0.1, 0.15) is 0 Å². The van der Waals surface area contributed by atoms with Crippen LogP contribution in [0.15, 0.2) is 0 Å². The molecule has 0 unspecified atom stereocenters. The number of hydrogen-bond acceptors (Lipinski definition) is 4. The lowest BCUT2D eigenvalue weighted by molar-refractivity contribution is -0.143. The van der Waals surface area contributed by atoms with Crippen LogP contribution in [0.3, 0.4) is 0 Å². The van der Waals surface area contributed by atoms with E-state index in [1.807, 2.05) is 18.7 Å². The summed E-state index contributed by atoms with van der Waals surface area (Å²) in [6.07, 6.45) is 5.04. The maximum absolute atomic E-state index is 12.8. The van der Waals surface area contributed by atoms with Crippen LogP contribution < -0.4 is 0 Å². The Hall–Kier alpha value is -1.10. The molecule has 5 heteroatoms. The van der Waals surface area contributed by atoms with Gasteiger partial charge in [0.25, 0.3) is 0 Å². The molecule has 2 atom stereocenters. The zero-order valence-electron chi connectivity index (χ0n) is 13.5. The smallest absolute Gasteiger partial charge is 0.307 e. The van der Waals surface area contributed by atoms with Gasteiger partial charge in [-0.3, -0.25) is 14.5 Å². The van der Waals surface area contributed by atoms with Gasteiger partial charge in [0.05, 0.1) is 19.4 Å². The fraction of sp³-hybridized carbons (Fsp3) is 0.875. The van der Waals surface area contributed by atoms with Crippen molar-refractivity contribution < 1.29 is 14.3 Å². The van der Waals surface area contributed by atoms with Crippen molar-refractivity contribution in [3.05, 3.63) is 0 Å². The molecule has 1 amide bonds. The Bertz CT molecular complexity index is 370. The molecule has 2 aliphatic heterocycles. The normalized spacial score (nSPS) is 25.7. The number of ether oxygens (including phenoxy) is 1. The summed E-state index contributed by atoms with van der Waals surface area (Å²) >= 11 is 0. The van der Waals surface area contributed by atoms with E-state index in [4.69, 9.17) is 0 Å². The van der Waals surface area contributed by atoms with Crippen molar-refractivity contribution in [2.45, 2.75) is 58.0 Å². The van der Waals surface area contributed by atoms with Gasteiger partial charge < -0.3 is 9.64 Å². The van der Waals surface area contributed by atoms with Crippen molar-refractivity contribution in [2.24, 2.45) is 5.92 Å². The molecule has 0 aromatic carbocycles. The predicted octanol–water partition coefficient (Wildman–Crippen LogP) is 1.66. The number of amides is 1. The Labute approximate surface area is 127 Å². The van der Waals surface area contributed by atoms with E-state index in [2.05, 4.69) is 9.64 Å². The van der Waals surface area contributed by atoms with Crippen molar-refractivity contribution in [1.82, 2.24) is 9.80 Å². The second-order valence-corrected chi connectivity index (χ2v) is 6.53. The minimum Gasteiger partial charge on any atom is -0.469 e. The first kappa shape index (κ1) is 16.3. The number of hydrogen-bond donors (Lipinski definition) is 0. The zero-order chi connectivity index (χ0) is 15.4. The Balaban J connectivity index is 1.93. The SMILES string of the molecule is COC(=O)CCN(C(=O)[C@H]1C[C@@H]2CCCCN2C1)C(C)C. The van der Waals surface area contributed by atoms with E-state index in [1.54, 1.807) is 0 Å². The maximum atomic E-state index is 12.8. The highest BCUT2D eigenvalue weighted by atomic mass is 16.5. The molecule has 0 aromatic rings. The lowest BCUT2D eigenvalue weighted by Gasteiger charge is -2.29. The number of esters is 1. The molecule has 0 aliphatic carbocycles. The summed E-state index contributed by atoms with van der Waals surface area (Å²) in [5.74, 6) is 0.0636. The number of nitrogens with zero attached hydrogens (tertiary/aromatic N) is 2. The van der Waals surface area contributed by atoms with E-state index in [0.717, 1.165) is 19.5 Å². The van der Waals surface area contributed by atoms with Crippen molar-refractivity contribution in [3.63, 3.8) is 0 Å². The van der Waals surface area contributed by atoms with Crippen molar-refractivity contribution in [3.8, 4) is 0 Å². The lowest BCUT2D eigenvalue weighted by atomic mass is 9.98. The second kappa shape index (κ2) is 7.25. The lowest BCUT2D eigenvalue weighted by Crippen LogP contribution is -2.43. The standard InChI is InChI=1S/C16H28N2O3/c1-12(2)18(9-7-15(19)21-3)16(20)13-10-14-6-4-5-8-17(14)11-13/h12-14H,4-11H2,1-3H3/t13-,14-/m0/s1. The summed E-state index contributed by atoms with van der Waals surface area (Å²) in [7, 11) is 1.39. The van der Waals surface area contributed by atoms with Gasteiger partial charge in [0, 0.05) is 25.2 Å². The number of carbonyl (C=O) groups excluding carboxylic acids is 2. The van der Waals surface area contributed by atoms with Crippen LogP contribution in [0.4, 0.5) is 0 Å². The number of methoxy groups -OCH3 is 1. The minimum atomic E-state index is -0.253. The molecule has 2 saturated heterocycles. The first-order valence-electron chi connectivity index (χ1n) is 8.14. The minimum absolute atomic E-state index is 0.105. The highest BCUT2D eigenvalue weighted by Crippen LogP contribution is 2.31. The van der Waals surface area contributed by atoms with Crippen LogP contribution in [-0.4, -0.2) is 60.5 Å². The van der Waals surface area contributed by atoms with Crippen LogP contribution in [0, 0.1) is 5.92 Å². The quantitative estimate of drug-likeness (QED) is 0.724. The molecule has 0 saturated carbocycles. The number of carbonyl (C=O) groups is 2. The fourth-order valence-electron chi connectivity index (χ4n) is 3.60. The van der Waals surface area contributed by atoms with Crippen LogP contribution in [0.25, 0.3) is 0 Å². The topological polar surface area (TPSA) is 49.9 Å². The van der Waals surface area contributed by atoms with Crippen LogP contribution >= 0.6 is 0 Å². The molecule has 0 N–H and O–H groups in total. The zero-order valence-corrected chi connectivity index (χ0v) is 13.5. The summed E-state index contributed by atoms with van der Waals surface area (Å²) in [6, 6.07) is 0.724. The van der Waals surface area contributed by atoms with Crippen LogP contribution in [0.1, 0.15) is 46.0 Å². The Kier molecular flexibility index (Phi) is 5.62. The van der Waals surface area contributed by atoms with E-state index in [1.165, 1.54) is 26.4 Å². The summed E-state index contributed by atoms with van der Waals surface area (Å²) in [4.78, 5) is 28.4. The second-order valence-electron chi connectivity index (χ2n) is 6.53. The number of rotatable bonds is 5. The highest BCUT2D eigenvalue weighted by Gasteiger charge is 2.39. The molecule has 0 spiro atoms. The average molecular weight is 296 g/mol. The Morgan fingerprint density at radius 2 is 2.10 bits per heavy atom. The highest BCUT2D eigenvalue weighted by molar-refractivity contribution is 5.80. The molecule has 2 fully saturated rings. The van der Waals surface area contributed by atoms with E-state index < -0.39 is 0 Å². The molecule has 0 bridgehead atoms. The Morgan fingerprint density at radius 3 is 2.71 bits per heavy atom. The third-order valence-corrected chi connectivity index (χ3v) is 4.80. The Morgan fingerprint density at radius 1 is 1.33 bits per heavy atom. The maximum Gasteiger partial charge on any atom is 0.307 e. The van der Waals surface area contributed by atoms with Gasteiger partial charge in [0.15, 0.2) is 0 Å². The van der Waals surface area contributed by atoms with Crippen LogP contribution in [0.5, 0.6) is 0 Å². The van der Waals surface area contributed by atoms with Gasteiger partial charge in [-0.2, -0.15) is 0 Å². The third kappa shape index (κ3) is 3.96. The van der Waals surface area contributed by atoms with E-state index in [9.17, 15) is 9.59 Å². The molecule has 2 heterocycles. The molecule has 21 heavy (non-hydrogen) atoms. The van der Waals surface area contributed by atoms with Crippen LogP contribution in [-0.2, 0) is 14.3 Å². The average Bonchev–Trinajstić information content (AvgIpc) is 2.90.